The fourth-order valence-corrected chi connectivity index (χ4v) is 3.55. The molecule has 0 bridgehead atoms. The van der Waals surface area contributed by atoms with Crippen LogP contribution in [0.1, 0.15) is 29.9 Å². The third-order valence-electron chi connectivity index (χ3n) is 4.45. The number of nitrogens with one attached hydrogen (secondary N) is 1. The number of fused-ring (bicyclic) bond motifs is 1. The van der Waals surface area contributed by atoms with E-state index in [-0.39, 0.29) is 0 Å². The van der Waals surface area contributed by atoms with Gasteiger partial charge in [-0.05, 0) is 36.5 Å². The van der Waals surface area contributed by atoms with Crippen molar-refractivity contribution in [1.29, 1.82) is 0 Å². The Balaban J connectivity index is 1.69. The fraction of sp³-hybridized carbons (Fsp3) is 0.235. The molecule has 3 aromatic rings. The van der Waals surface area contributed by atoms with Gasteiger partial charge in [-0.1, -0.05) is 41.9 Å². The summed E-state index contributed by atoms with van der Waals surface area (Å²) in [4.78, 5) is 0. The second-order valence-electron chi connectivity index (χ2n) is 5.84. The van der Waals surface area contributed by atoms with Crippen molar-refractivity contribution in [2.45, 2.75) is 24.4 Å². The summed E-state index contributed by atoms with van der Waals surface area (Å²) in [7, 11) is 0. The minimum atomic E-state index is -0.823. The lowest BCUT2D eigenvalue weighted by Gasteiger charge is -2.44. The molecule has 1 aliphatic carbocycles. The molecule has 0 unspecified atom stereocenters. The smallest absolute Gasteiger partial charge is 0.0929 e. The highest BCUT2D eigenvalue weighted by molar-refractivity contribution is 6.31. The first kappa shape index (κ1) is 12.9. The molecule has 21 heavy (non-hydrogen) atoms. The van der Waals surface area contributed by atoms with Gasteiger partial charge in [0.2, 0.25) is 0 Å². The van der Waals surface area contributed by atoms with Crippen LogP contribution < -0.4 is 0 Å². The van der Waals surface area contributed by atoms with Crippen molar-refractivity contribution in [3.63, 3.8) is 0 Å². The largest absolute Gasteiger partial charge is 0.385 e. The first-order valence-corrected chi connectivity index (χ1v) is 7.44. The van der Waals surface area contributed by atoms with Crippen LogP contribution in [-0.4, -0.2) is 15.3 Å². The normalized spacial score (nSPS) is 25.0. The molecule has 0 saturated heterocycles. The average molecular weight is 299 g/mol. The van der Waals surface area contributed by atoms with Crippen molar-refractivity contribution >= 4 is 22.5 Å². The lowest BCUT2D eigenvalue weighted by atomic mass is 9.64. The molecule has 4 heteroatoms. The van der Waals surface area contributed by atoms with E-state index in [1.165, 1.54) is 5.56 Å². The van der Waals surface area contributed by atoms with Gasteiger partial charge in [0.05, 0.1) is 17.3 Å². The average Bonchev–Trinajstić information content (AvgIpc) is 2.92. The number of rotatable bonds is 2. The van der Waals surface area contributed by atoms with Crippen LogP contribution in [0.3, 0.4) is 0 Å². The molecule has 1 saturated carbocycles. The highest BCUT2D eigenvalue weighted by atomic mass is 35.5. The third-order valence-corrected chi connectivity index (χ3v) is 4.67. The Bertz CT molecular complexity index is 791. The van der Waals surface area contributed by atoms with Gasteiger partial charge in [0.25, 0.3) is 0 Å². The van der Waals surface area contributed by atoms with Gasteiger partial charge in [-0.15, -0.1) is 0 Å². The van der Waals surface area contributed by atoms with E-state index < -0.39 is 5.60 Å². The van der Waals surface area contributed by atoms with Crippen LogP contribution in [0, 0.1) is 0 Å². The van der Waals surface area contributed by atoms with Gasteiger partial charge in [0.1, 0.15) is 0 Å². The monoisotopic (exact) mass is 298 g/mol. The molecule has 0 aliphatic heterocycles. The molecule has 1 fully saturated rings. The second kappa shape index (κ2) is 4.58. The number of aromatic amines is 1. The van der Waals surface area contributed by atoms with Crippen LogP contribution >= 0.6 is 11.6 Å². The first-order valence-electron chi connectivity index (χ1n) is 7.06. The van der Waals surface area contributed by atoms with Crippen molar-refractivity contribution < 1.29 is 5.11 Å². The van der Waals surface area contributed by atoms with Crippen LogP contribution in [0.25, 0.3) is 10.9 Å². The van der Waals surface area contributed by atoms with E-state index in [4.69, 9.17) is 11.6 Å². The number of halogens is 1. The predicted octanol–water partition coefficient (Wildman–Crippen LogP) is 3.98. The Labute approximate surface area is 127 Å². The number of nitrogens with zero attached hydrogens (tertiary/aromatic N) is 1. The summed E-state index contributed by atoms with van der Waals surface area (Å²) < 4.78 is 0. The van der Waals surface area contributed by atoms with Crippen LogP contribution in [-0.2, 0) is 5.60 Å². The lowest BCUT2D eigenvalue weighted by Crippen LogP contribution is -2.40. The maximum absolute atomic E-state index is 10.9. The standard InChI is InChI=1S/C17H15ClN2O/c18-14-6-12-10-19-20-16(12)15(7-14)17(21)8-13(9-17)11-4-2-1-3-5-11/h1-7,10,13,21H,8-9H2,(H,19,20). The highest BCUT2D eigenvalue weighted by Gasteiger charge is 2.45. The van der Waals surface area contributed by atoms with E-state index in [9.17, 15) is 5.11 Å². The van der Waals surface area contributed by atoms with E-state index in [1.54, 1.807) is 6.20 Å². The second-order valence-corrected chi connectivity index (χ2v) is 6.27. The van der Waals surface area contributed by atoms with Crippen molar-refractivity contribution in [3.8, 4) is 0 Å². The molecular formula is C17H15ClN2O. The van der Waals surface area contributed by atoms with Crippen LogP contribution in [0.15, 0.2) is 48.7 Å². The maximum Gasteiger partial charge on any atom is 0.0929 e. The van der Waals surface area contributed by atoms with Crippen molar-refractivity contribution in [1.82, 2.24) is 10.2 Å². The molecule has 106 valence electrons. The van der Waals surface area contributed by atoms with Gasteiger partial charge in [-0.2, -0.15) is 5.10 Å². The van der Waals surface area contributed by atoms with E-state index >= 15 is 0 Å². The number of benzene rings is 2. The summed E-state index contributed by atoms with van der Waals surface area (Å²) in [6.07, 6.45) is 3.17. The summed E-state index contributed by atoms with van der Waals surface area (Å²) >= 11 is 6.17. The zero-order chi connectivity index (χ0) is 14.4. The minimum absolute atomic E-state index is 0.396. The molecule has 1 heterocycles. The lowest BCUT2D eigenvalue weighted by molar-refractivity contribution is -0.0538. The maximum atomic E-state index is 10.9. The number of hydrogen-bond acceptors (Lipinski definition) is 2. The Morgan fingerprint density at radius 2 is 1.95 bits per heavy atom. The topological polar surface area (TPSA) is 48.9 Å². The van der Waals surface area contributed by atoms with Gasteiger partial charge in [-0.25, -0.2) is 0 Å². The zero-order valence-corrected chi connectivity index (χ0v) is 12.1. The van der Waals surface area contributed by atoms with E-state index in [2.05, 4.69) is 22.3 Å². The summed E-state index contributed by atoms with van der Waals surface area (Å²) in [5.74, 6) is 0.396. The molecule has 0 atom stereocenters. The van der Waals surface area contributed by atoms with Crippen LogP contribution in [0.4, 0.5) is 0 Å². The van der Waals surface area contributed by atoms with E-state index in [0.29, 0.717) is 23.8 Å². The number of aromatic nitrogens is 2. The zero-order valence-electron chi connectivity index (χ0n) is 11.4. The summed E-state index contributed by atoms with van der Waals surface area (Å²) in [6, 6.07) is 14.0. The fourth-order valence-electron chi connectivity index (χ4n) is 3.32. The Morgan fingerprint density at radius 1 is 1.19 bits per heavy atom. The molecule has 2 N–H and O–H groups in total. The number of hydrogen-bond donors (Lipinski definition) is 2. The van der Waals surface area contributed by atoms with Crippen molar-refractivity contribution in [3.05, 3.63) is 64.8 Å². The Hall–Kier alpha value is -1.84. The molecule has 0 spiro atoms. The Kier molecular flexibility index (Phi) is 2.81. The molecule has 1 aliphatic rings. The quantitative estimate of drug-likeness (QED) is 0.752. The first-order chi connectivity index (χ1) is 10.2. The predicted molar refractivity (Wildman–Crippen MR) is 83.4 cm³/mol. The molecule has 3 nitrogen and oxygen atoms in total. The Morgan fingerprint density at radius 3 is 2.71 bits per heavy atom. The van der Waals surface area contributed by atoms with Crippen molar-refractivity contribution in [2.24, 2.45) is 0 Å². The van der Waals surface area contributed by atoms with Crippen LogP contribution in [0.2, 0.25) is 5.02 Å². The van der Waals surface area contributed by atoms with Gasteiger partial charge in [0.15, 0.2) is 0 Å². The molecule has 0 radical (unpaired) electrons. The minimum Gasteiger partial charge on any atom is -0.385 e. The summed E-state index contributed by atoms with van der Waals surface area (Å²) in [5, 5.41) is 19.6. The molecule has 4 rings (SSSR count). The van der Waals surface area contributed by atoms with Gasteiger partial charge < -0.3 is 5.11 Å². The number of H-pyrrole nitrogens is 1. The molecule has 0 amide bonds. The van der Waals surface area contributed by atoms with E-state index in [0.717, 1.165) is 16.5 Å². The highest BCUT2D eigenvalue weighted by Crippen LogP contribution is 2.52. The summed E-state index contributed by atoms with van der Waals surface area (Å²) in [5.41, 5.74) is 2.20. The summed E-state index contributed by atoms with van der Waals surface area (Å²) in [6.45, 7) is 0. The number of aliphatic hydroxyl groups is 1. The van der Waals surface area contributed by atoms with Gasteiger partial charge in [0, 0.05) is 16.0 Å². The SMILES string of the molecule is OC1(c2cc(Cl)cc3cn[nH]c23)CC(c2ccccc2)C1. The van der Waals surface area contributed by atoms with E-state index in [1.807, 2.05) is 30.3 Å². The molecule has 1 aromatic heterocycles. The van der Waals surface area contributed by atoms with Gasteiger partial charge in [-0.3, -0.25) is 5.10 Å². The third kappa shape index (κ3) is 2.04. The van der Waals surface area contributed by atoms with Crippen molar-refractivity contribution in [2.75, 3.05) is 0 Å². The molecule has 2 aromatic carbocycles. The van der Waals surface area contributed by atoms with Gasteiger partial charge >= 0.3 is 0 Å². The molecular weight excluding hydrogens is 284 g/mol. The van der Waals surface area contributed by atoms with Crippen LogP contribution in [0.5, 0.6) is 0 Å².